The molecule has 1 amide bonds. The van der Waals surface area contributed by atoms with Crippen LogP contribution < -0.4 is 5.73 Å². The molecule has 62 valence electrons. The van der Waals surface area contributed by atoms with E-state index in [-0.39, 0.29) is 6.54 Å². The first-order chi connectivity index (χ1) is 5.74. The Labute approximate surface area is 72.4 Å². The maximum absolute atomic E-state index is 10.6. The molecule has 0 fully saturated rings. The van der Waals surface area contributed by atoms with Gasteiger partial charge in [-0.05, 0) is 17.7 Å². The number of thiophene rings is 1. The normalized spacial score (nSPS) is 9.00. The second kappa shape index (κ2) is 3.75. The zero-order chi connectivity index (χ0) is 8.97. The lowest BCUT2D eigenvalue weighted by Crippen LogP contribution is -2.07. The summed E-state index contributed by atoms with van der Waals surface area (Å²) in [5.41, 5.74) is 13.0. The van der Waals surface area contributed by atoms with Gasteiger partial charge in [-0.3, -0.25) is 4.79 Å². The summed E-state index contributed by atoms with van der Waals surface area (Å²) < 4.78 is 0. The van der Waals surface area contributed by atoms with E-state index in [1.165, 1.54) is 11.3 Å². The van der Waals surface area contributed by atoms with Crippen molar-refractivity contribution in [3.8, 4) is 0 Å². The highest BCUT2D eigenvalue weighted by molar-refractivity contribution is 7.14. The van der Waals surface area contributed by atoms with Crippen LogP contribution in [0.15, 0.2) is 17.2 Å². The molecule has 1 heterocycles. The van der Waals surface area contributed by atoms with Gasteiger partial charge in [-0.1, -0.05) is 5.11 Å². The Bertz CT molecular complexity index is 339. The highest BCUT2D eigenvalue weighted by Gasteiger charge is 2.03. The average molecular weight is 182 g/mol. The van der Waals surface area contributed by atoms with Crippen molar-refractivity contribution in [1.29, 1.82) is 0 Å². The number of carbonyl (C=O) groups is 1. The first kappa shape index (κ1) is 8.58. The second-order valence-electron chi connectivity index (χ2n) is 2.02. The maximum atomic E-state index is 10.6. The monoisotopic (exact) mass is 182 g/mol. The van der Waals surface area contributed by atoms with E-state index >= 15 is 0 Å². The largest absolute Gasteiger partial charge is 0.365 e. The van der Waals surface area contributed by atoms with Gasteiger partial charge in [0.15, 0.2) is 0 Å². The van der Waals surface area contributed by atoms with Crippen molar-refractivity contribution in [2.75, 3.05) is 0 Å². The van der Waals surface area contributed by atoms with Gasteiger partial charge < -0.3 is 5.73 Å². The van der Waals surface area contributed by atoms with Gasteiger partial charge in [0.1, 0.15) is 0 Å². The van der Waals surface area contributed by atoms with E-state index in [9.17, 15) is 4.79 Å². The fraction of sp³-hybridized carbons (Fsp3) is 0.167. The molecular weight excluding hydrogens is 176 g/mol. The quantitative estimate of drug-likeness (QED) is 0.429. The Hall–Kier alpha value is -1.52. The topological polar surface area (TPSA) is 91.8 Å². The van der Waals surface area contributed by atoms with Crippen molar-refractivity contribution in [3.63, 3.8) is 0 Å². The van der Waals surface area contributed by atoms with Gasteiger partial charge in [-0.15, -0.1) is 11.3 Å². The average Bonchev–Trinajstić information content (AvgIpc) is 2.48. The predicted octanol–water partition coefficient (Wildman–Crippen LogP) is 1.66. The van der Waals surface area contributed by atoms with Gasteiger partial charge in [-0.25, -0.2) is 0 Å². The number of primary amides is 1. The molecule has 0 bridgehead atoms. The third kappa shape index (κ3) is 1.98. The van der Waals surface area contributed by atoms with Crippen LogP contribution in [0.1, 0.15) is 14.5 Å². The predicted molar refractivity (Wildman–Crippen MR) is 45.7 cm³/mol. The zero-order valence-corrected chi connectivity index (χ0v) is 6.91. The number of nitrogens with two attached hydrogens (primary N) is 1. The van der Waals surface area contributed by atoms with Gasteiger partial charge in [0.2, 0.25) is 0 Å². The van der Waals surface area contributed by atoms with Gasteiger partial charge in [-0.2, -0.15) is 0 Å². The van der Waals surface area contributed by atoms with Crippen LogP contribution in [0.25, 0.3) is 10.4 Å². The fourth-order valence-electron chi connectivity index (χ4n) is 0.697. The second-order valence-corrected chi connectivity index (χ2v) is 3.19. The molecule has 0 unspecified atom stereocenters. The van der Waals surface area contributed by atoms with Crippen molar-refractivity contribution in [2.24, 2.45) is 10.8 Å². The lowest BCUT2D eigenvalue weighted by molar-refractivity contribution is 0.100. The Balaban J connectivity index is 2.77. The molecule has 0 saturated heterocycles. The van der Waals surface area contributed by atoms with Gasteiger partial charge in [0.25, 0.3) is 5.91 Å². The first-order valence-corrected chi connectivity index (χ1v) is 3.95. The summed E-state index contributed by atoms with van der Waals surface area (Å²) in [7, 11) is 0. The van der Waals surface area contributed by atoms with E-state index in [0.29, 0.717) is 4.88 Å². The van der Waals surface area contributed by atoms with Crippen LogP contribution in [0, 0.1) is 0 Å². The van der Waals surface area contributed by atoms with Crippen LogP contribution in [0.3, 0.4) is 0 Å². The molecule has 0 aliphatic heterocycles. The summed E-state index contributed by atoms with van der Waals surface area (Å²) in [6, 6.07) is 3.34. The Morgan fingerprint density at radius 2 is 2.50 bits per heavy atom. The molecule has 0 spiro atoms. The molecule has 0 aromatic carbocycles. The third-order valence-corrected chi connectivity index (χ3v) is 2.28. The van der Waals surface area contributed by atoms with Gasteiger partial charge >= 0.3 is 0 Å². The van der Waals surface area contributed by atoms with E-state index in [1.54, 1.807) is 12.1 Å². The highest BCUT2D eigenvalue weighted by atomic mass is 32.1. The zero-order valence-electron chi connectivity index (χ0n) is 6.10. The minimum atomic E-state index is -0.452. The van der Waals surface area contributed by atoms with Crippen molar-refractivity contribution < 1.29 is 4.79 Å². The van der Waals surface area contributed by atoms with E-state index in [4.69, 9.17) is 11.3 Å². The SMILES string of the molecule is [N-]=[N+]=NCc1ccc(C(N)=O)s1. The minimum Gasteiger partial charge on any atom is -0.365 e. The molecule has 2 N–H and O–H groups in total. The lowest BCUT2D eigenvalue weighted by Gasteiger charge is -1.84. The van der Waals surface area contributed by atoms with E-state index in [1.807, 2.05) is 0 Å². The summed E-state index contributed by atoms with van der Waals surface area (Å²) in [6.07, 6.45) is 0. The molecule has 1 rings (SSSR count). The minimum absolute atomic E-state index is 0.272. The molecule has 0 atom stereocenters. The van der Waals surface area contributed by atoms with Crippen LogP contribution in [0.2, 0.25) is 0 Å². The third-order valence-electron chi connectivity index (χ3n) is 1.19. The van der Waals surface area contributed by atoms with Crippen LogP contribution >= 0.6 is 11.3 Å². The summed E-state index contributed by atoms with van der Waals surface area (Å²) in [6.45, 7) is 0.272. The number of carbonyl (C=O) groups excluding carboxylic acids is 1. The fourth-order valence-corrected chi connectivity index (χ4v) is 1.47. The number of azide groups is 1. The van der Waals surface area contributed by atoms with Crippen molar-refractivity contribution in [3.05, 3.63) is 32.3 Å². The molecule has 0 saturated carbocycles. The van der Waals surface area contributed by atoms with Crippen molar-refractivity contribution in [2.45, 2.75) is 6.54 Å². The number of rotatable bonds is 3. The standard InChI is InChI=1S/C6H6N4OS/c7-6(11)5-2-1-4(12-5)3-9-10-8/h1-2H,3H2,(H2,7,11). The molecular formula is C6H6N4OS. The maximum Gasteiger partial charge on any atom is 0.258 e. The highest BCUT2D eigenvalue weighted by Crippen LogP contribution is 2.16. The molecule has 6 heteroatoms. The Morgan fingerprint density at radius 1 is 1.75 bits per heavy atom. The van der Waals surface area contributed by atoms with Crippen LogP contribution in [0.5, 0.6) is 0 Å². The number of nitrogens with zero attached hydrogens (tertiary/aromatic N) is 3. The lowest BCUT2D eigenvalue weighted by atomic mass is 10.4. The molecule has 0 aliphatic carbocycles. The molecule has 1 aromatic heterocycles. The molecule has 1 aromatic rings. The van der Waals surface area contributed by atoms with Gasteiger partial charge in [0.05, 0.1) is 11.4 Å². The number of amides is 1. The van der Waals surface area contributed by atoms with Crippen molar-refractivity contribution in [1.82, 2.24) is 0 Å². The Kier molecular flexibility index (Phi) is 2.68. The first-order valence-electron chi connectivity index (χ1n) is 3.13. The summed E-state index contributed by atoms with van der Waals surface area (Å²) in [5.74, 6) is -0.452. The van der Waals surface area contributed by atoms with Crippen molar-refractivity contribution >= 4 is 17.2 Å². The van der Waals surface area contributed by atoms with Crippen LogP contribution in [-0.2, 0) is 6.54 Å². The van der Waals surface area contributed by atoms with E-state index < -0.39 is 5.91 Å². The molecule has 0 radical (unpaired) electrons. The summed E-state index contributed by atoms with van der Waals surface area (Å²) >= 11 is 1.24. The summed E-state index contributed by atoms with van der Waals surface area (Å²) in [5, 5.41) is 3.35. The van der Waals surface area contributed by atoms with Crippen LogP contribution in [0.4, 0.5) is 0 Å². The van der Waals surface area contributed by atoms with E-state index in [0.717, 1.165) is 4.88 Å². The van der Waals surface area contributed by atoms with Crippen LogP contribution in [-0.4, -0.2) is 5.91 Å². The smallest absolute Gasteiger partial charge is 0.258 e. The number of hydrogen-bond acceptors (Lipinski definition) is 3. The van der Waals surface area contributed by atoms with E-state index in [2.05, 4.69) is 10.0 Å². The summed E-state index contributed by atoms with van der Waals surface area (Å²) in [4.78, 5) is 14.5. The Morgan fingerprint density at radius 3 is 3.00 bits per heavy atom. The molecule has 0 aliphatic rings. The molecule has 12 heavy (non-hydrogen) atoms. The molecule has 5 nitrogen and oxygen atoms in total. The van der Waals surface area contributed by atoms with Gasteiger partial charge in [0, 0.05) is 9.79 Å². The number of hydrogen-bond donors (Lipinski definition) is 1.